The maximum atomic E-state index is 3.73. The molecule has 0 radical (unpaired) electrons. The van der Waals surface area contributed by atoms with Crippen LogP contribution in [0.5, 0.6) is 0 Å². The van der Waals surface area contributed by atoms with Gasteiger partial charge < -0.3 is 10.2 Å². The molecular weight excluding hydrogens is 246 g/mol. The van der Waals surface area contributed by atoms with Gasteiger partial charge in [0.25, 0.3) is 0 Å². The van der Waals surface area contributed by atoms with Gasteiger partial charge in [-0.2, -0.15) is 0 Å². The van der Waals surface area contributed by atoms with Crippen LogP contribution in [0, 0.1) is 11.8 Å². The van der Waals surface area contributed by atoms with Crippen molar-refractivity contribution in [1.82, 2.24) is 15.1 Å². The Morgan fingerprint density at radius 1 is 1.15 bits per heavy atom. The molecule has 0 spiro atoms. The van der Waals surface area contributed by atoms with Gasteiger partial charge in [-0.1, -0.05) is 20.8 Å². The third-order valence-electron chi connectivity index (χ3n) is 5.34. The van der Waals surface area contributed by atoms with Gasteiger partial charge in [0.1, 0.15) is 0 Å². The van der Waals surface area contributed by atoms with Gasteiger partial charge in [-0.15, -0.1) is 0 Å². The first-order chi connectivity index (χ1) is 9.51. The fourth-order valence-electron chi connectivity index (χ4n) is 3.85. The van der Waals surface area contributed by atoms with Gasteiger partial charge in [0.05, 0.1) is 0 Å². The first-order valence-electron chi connectivity index (χ1n) is 8.72. The molecule has 2 saturated heterocycles. The lowest BCUT2D eigenvalue weighted by atomic mass is 9.95. The van der Waals surface area contributed by atoms with Crippen LogP contribution in [0.2, 0.25) is 0 Å². The van der Waals surface area contributed by atoms with E-state index in [9.17, 15) is 0 Å². The van der Waals surface area contributed by atoms with Crippen molar-refractivity contribution in [2.45, 2.75) is 65.6 Å². The molecular formula is C17H35N3. The summed E-state index contributed by atoms with van der Waals surface area (Å²) in [6.45, 7) is 18.1. The molecule has 3 heteroatoms. The van der Waals surface area contributed by atoms with Gasteiger partial charge in [-0.05, 0) is 45.1 Å². The maximum Gasteiger partial charge on any atom is 0.0244 e. The summed E-state index contributed by atoms with van der Waals surface area (Å²) in [5.41, 5.74) is 0. The maximum absolute atomic E-state index is 3.73. The van der Waals surface area contributed by atoms with E-state index >= 15 is 0 Å². The lowest BCUT2D eigenvalue weighted by molar-refractivity contribution is 0.0805. The van der Waals surface area contributed by atoms with Crippen LogP contribution >= 0.6 is 0 Å². The molecule has 0 aromatic heterocycles. The molecule has 3 unspecified atom stereocenters. The molecule has 118 valence electrons. The zero-order valence-corrected chi connectivity index (χ0v) is 14.2. The SMILES string of the molecule is CCC1CN(CC2CCN(C(C)C)C2)C(C(C)C)CN1. The van der Waals surface area contributed by atoms with E-state index in [1.807, 2.05) is 0 Å². The molecule has 0 amide bonds. The lowest BCUT2D eigenvalue weighted by Gasteiger charge is -2.43. The molecule has 20 heavy (non-hydrogen) atoms. The Morgan fingerprint density at radius 2 is 1.90 bits per heavy atom. The van der Waals surface area contributed by atoms with Crippen LogP contribution in [-0.4, -0.2) is 60.6 Å². The molecule has 3 nitrogen and oxygen atoms in total. The lowest BCUT2D eigenvalue weighted by Crippen LogP contribution is -2.59. The van der Waals surface area contributed by atoms with Crippen molar-refractivity contribution >= 4 is 0 Å². The van der Waals surface area contributed by atoms with Crippen molar-refractivity contribution in [2.24, 2.45) is 11.8 Å². The molecule has 0 bridgehead atoms. The molecule has 2 aliphatic heterocycles. The minimum absolute atomic E-state index is 0.701. The topological polar surface area (TPSA) is 18.5 Å². The Hall–Kier alpha value is -0.120. The Morgan fingerprint density at radius 3 is 2.45 bits per heavy atom. The highest BCUT2D eigenvalue weighted by atomic mass is 15.3. The number of piperazine rings is 1. The standard InChI is InChI=1S/C17H35N3/c1-6-16-12-20(17(9-18-16)13(2)3)11-15-7-8-19(10-15)14(4)5/h13-18H,6-12H2,1-5H3. The van der Waals surface area contributed by atoms with Crippen LogP contribution in [0.15, 0.2) is 0 Å². The summed E-state index contributed by atoms with van der Waals surface area (Å²) in [5.74, 6) is 1.64. The summed E-state index contributed by atoms with van der Waals surface area (Å²) in [7, 11) is 0. The molecule has 2 heterocycles. The molecule has 0 saturated carbocycles. The van der Waals surface area contributed by atoms with Crippen molar-refractivity contribution in [2.75, 3.05) is 32.7 Å². The van der Waals surface area contributed by atoms with E-state index in [0.717, 1.165) is 17.9 Å². The molecule has 0 aromatic carbocycles. The van der Waals surface area contributed by atoms with E-state index in [-0.39, 0.29) is 0 Å². The first kappa shape index (κ1) is 16.3. The third-order valence-corrected chi connectivity index (χ3v) is 5.34. The molecule has 0 aromatic rings. The Labute approximate surface area is 126 Å². The van der Waals surface area contributed by atoms with Crippen LogP contribution in [0.25, 0.3) is 0 Å². The number of nitrogens with zero attached hydrogens (tertiary/aromatic N) is 2. The van der Waals surface area contributed by atoms with E-state index in [2.05, 4.69) is 49.7 Å². The fraction of sp³-hybridized carbons (Fsp3) is 1.00. The summed E-state index contributed by atoms with van der Waals surface area (Å²) in [4.78, 5) is 5.44. The summed E-state index contributed by atoms with van der Waals surface area (Å²) < 4.78 is 0. The Kier molecular flexibility index (Phi) is 5.88. The summed E-state index contributed by atoms with van der Waals surface area (Å²) in [5, 5.41) is 3.73. The fourth-order valence-corrected chi connectivity index (χ4v) is 3.85. The number of nitrogens with one attached hydrogen (secondary N) is 1. The van der Waals surface area contributed by atoms with Crippen LogP contribution in [0.4, 0.5) is 0 Å². The quantitative estimate of drug-likeness (QED) is 0.835. The smallest absolute Gasteiger partial charge is 0.0244 e. The second kappa shape index (κ2) is 7.24. The normalized spacial score (nSPS) is 33.5. The van der Waals surface area contributed by atoms with Gasteiger partial charge in [0.15, 0.2) is 0 Å². The number of hydrogen-bond acceptors (Lipinski definition) is 3. The zero-order chi connectivity index (χ0) is 14.7. The van der Waals surface area contributed by atoms with E-state index in [1.54, 1.807) is 0 Å². The average Bonchev–Trinajstić information content (AvgIpc) is 2.87. The predicted molar refractivity (Wildman–Crippen MR) is 87.1 cm³/mol. The summed E-state index contributed by atoms with van der Waals surface area (Å²) in [6.07, 6.45) is 2.65. The number of hydrogen-bond donors (Lipinski definition) is 1. The molecule has 0 aliphatic carbocycles. The van der Waals surface area contributed by atoms with Gasteiger partial charge in [-0.3, -0.25) is 4.90 Å². The number of likely N-dealkylation sites (tertiary alicyclic amines) is 1. The molecule has 2 rings (SSSR count). The van der Waals surface area contributed by atoms with Crippen LogP contribution in [0.1, 0.15) is 47.5 Å². The van der Waals surface area contributed by atoms with Gasteiger partial charge in [0, 0.05) is 44.3 Å². The van der Waals surface area contributed by atoms with Gasteiger partial charge >= 0.3 is 0 Å². The van der Waals surface area contributed by atoms with Gasteiger partial charge in [0.2, 0.25) is 0 Å². The molecule has 2 fully saturated rings. The predicted octanol–water partition coefficient (Wildman–Crippen LogP) is 2.43. The van der Waals surface area contributed by atoms with Gasteiger partial charge in [-0.25, -0.2) is 0 Å². The van der Waals surface area contributed by atoms with Crippen molar-refractivity contribution in [3.63, 3.8) is 0 Å². The van der Waals surface area contributed by atoms with E-state index < -0.39 is 0 Å². The number of rotatable bonds is 5. The third kappa shape index (κ3) is 3.96. The Bertz CT molecular complexity index is 290. The average molecular weight is 281 g/mol. The van der Waals surface area contributed by atoms with Crippen molar-refractivity contribution in [3.8, 4) is 0 Å². The monoisotopic (exact) mass is 281 g/mol. The van der Waals surface area contributed by atoms with E-state index in [4.69, 9.17) is 0 Å². The van der Waals surface area contributed by atoms with Crippen molar-refractivity contribution in [3.05, 3.63) is 0 Å². The second-order valence-electron chi connectivity index (χ2n) is 7.52. The largest absolute Gasteiger partial charge is 0.311 e. The second-order valence-corrected chi connectivity index (χ2v) is 7.52. The van der Waals surface area contributed by atoms with E-state index in [0.29, 0.717) is 12.1 Å². The summed E-state index contributed by atoms with van der Waals surface area (Å²) in [6, 6.07) is 2.14. The molecule has 2 aliphatic rings. The van der Waals surface area contributed by atoms with Crippen molar-refractivity contribution in [1.29, 1.82) is 0 Å². The highest BCUT2D eigenvalue weighted by molar-refractivity contribution is 4.90. The van der Waals surface area contributed by atoms with Crippen molar-refractivity contribution < 1.29 is 0 Å². The Balaban J connectivity index is 1.90. The minimum Gasteiger partial charge on any atom is -0.311 e. The highest BCUT2D eigenvalue weighted by Crippen LogP contribution is 2.23. The molecule has 3 atom stereocenters. The first-order valence-corrected chi connectivity index (χ1v) is 8.72. The summed E-state index contributed by atoms with van der Waals surface area (Å²) >= 11 is 0. The van der Waals surface area contributed by atoms with Crippen LogP contribution < -0.4 is 5.32 Å². The molecule has 1 N–H and O–H groups in total. The van der Waals surface area contributed by atoms with Crippen LogP contribution in [-0.2, 0) is 0 Å². The van der Waals surface area contributed by atoms with E-state index in [1.165, 1.54) is 45.6 Å². The highest BCUT2D eigenvalue weighted by Gasteiger charge is 2.33. The van der Waals surface area contributed by atoms with Crippen LogP contribution in [0.3, 0.4) is 0 Å². The minimum atomic E-state index is 0.701. The zero-order valence-electron chi connectivity index (χ0n) is 14.2.